The first-order valence-electron chi connectivity index (χ1n) is 5.75. The monoisotopic (exact) mass is 333 g/mol. The zero-order valence-corrected chi connectivity index (χ0v) is 11.7. The molecule has 0 aliphatic heterocycles. The molecule has 1 aromatic heterocycles. The Hall–Kier alpha value is -2.28. The van der Waals surface area contributed by atoms with Gasteiger partial charge in [0.05, 0.1) is 0 Å². The van der Waals surface area contributed by atoms with Gasteiger partial charge in [-0.3, -0.25) is 0 Å². The summed E-state index contributed by atoms with van der Waals surface area (Å²) in [7, 11) is 0. The predicted molar refractivity (Wildman–Crippen MR) is 76.7 cm³/mol. The standard InChI is InChI=1S/C13H9BrFN5/c14-9-3-6-11(15)12(7-9)20-13(17-18-19-20)8-1-4-10(16)5-2-8/h1-7H,16H2. The highest BCUT2D eigenvalue weighted by molar-refractivity contribution is 9.10. The predicted octanol–water partition coefficient (Wildman–Crippen LogP) is 2.81. The summed E-state index contributed by atoms with van der Waals surface area (Å²) < 4.78 is 16.0. The number of halogens is 2. The Kier molecular flexibility index (Phi) is 3.19. The van der Waals surface area contributed by atoms with Crippen molar-refractivity contribution < 1.29 is 4.39 Å². The summed E-state index contributed by atoms with van der Waals surface area (Å²) >= 11 is 3.31. The molecule has 100 valence electrons. The third-order valence-corrected chi connectivity index (χ3v) is 3.27. The first-order valence-corrected chi connectivity index (χ1v) is 6.54. The van der Waals surface area contributed by atoms with Crippen molar-refractivity contribution in [2.75, 3.05) is 5.73 Å². The van der Waals surface area contributed by atoms with Gasteiger partial charge in [0.15, 0.2) is 5.82 Å². The second kappa shape index (κ2) is 5.01. The molecule has 0 spiro atoms. The highest BCUT2D eigenvalue weighted by Crippen LogP contribution is 2.24. The molecule has 0 aliphatic rings. The lowest BCUT2D eigenvalue weighted by Crippen LogP contribution is -2.02. The van der Waals surface area contributed by atoms with Crippen LogP contribution in [-0.2, 0) is 0 Å². The van der Waals surface area contributed by atoms with Crippen LogP contribution in [0.15, 0.2) is 46.9 Å². The van der Waals surface area contributed by atoms with Gasteiger partial charge in [0.1, 0.15) is 11.5 Å². The van der Waals surface area contributed by atoms with Crippen molar-refractivity contribution in [3.8, 4) is 17.1 Å². The molecule has 0 fully saturated rings. The van der Waals surface area contributed by atoms with E-state index in [4.69, 9.17) is 5.73 Å². The Labute approximate surface area is 122 Å². The van der Waals surface area contributed by atoms with E-state index in [-0.39, 0.29) is 5.69 Å². The largest absolute Gasteiger partial charge is 0.399 e. The number of hydrogen-bond acceptors (Lipinski definition) is 4. The Morgan fingerprint density at radius 1 is 1.10 bits per heavy atom. The van der Waals surface area contributed by atoms with Gasteiger partial charge in [0, 0.05) is 15.7 Å². The zero-order valence-electron chi connectivity index (χ0n) is 10.2. The fraction of sp³-hybridized carbons (Fsp3) is 0. The number of benzene rings is 2. The van der Waals surface area contributed by atoms with Gasteiger partial charge in [-0.1, -0.05) is 15.9 Å². The summed E-state index contributed by atoms with van der Waals surface area (Å²) in [6.07, 6.45) is 0. The van der Waals surface area contributed by atoms with Crippen LogP contribution in [0.4, 0.5) is 10.1 Å². The summed E-state index contributed by atoms with van der Waals surface area (Å²) in [6, 6.07) is 11.6. The minimum atomic E-state index is -0.405. The molecule has 2 aromatic carbocycles. The first-order chi connectivity index (χ1) is 9.65. The van der Waals surface area contributed by atoms with E-state index in [0.717, 1.165) is 10.0 Å². The summed E-state index contributed by atoms with van der Waals surface area (Å²) in [4.78, 5) is 0. The van der Waals surface area contributed by atoms with Crippen LogP contribution in [0.3, 0.4) is 0 Å². The molecule has 2 N–H and O–H groups in total. The maximum Gasteiger partial charge on any atom is 0.187 e. The number of nitrogen functional groups attached to an aromatic ring is 1. The molecule has 20 heavy (non-hydrogen) atoms. The van der Waals surface area contributed by atoms with Gasteiger partial charge in [-0.2, -0.15) is 4.68 Å². The van der Waals surface area contributed by atoms with Crippen molar-refractivity contribution in [1.82, 2.24) is 20.2 Å². The van der Waals surface area contributed by atoms with E-state index in [9.17, 15) is 4.39 Å². The minimum absolute atomic E-state index is 0.274. The molecular weight excluding hydrogens is 325 g/mol. The van der Waals surface area contributed by atoms with E-state index >= 15 is 0 Å². The van der Waals surface area contributed by atoms with Crippen LogP contribution in [0.1, 0.15) is 0 Å². The van der Waals surface area contributed by atoms with Gasteiger partial charge in [-0.05, 0) is 52.9 Å². The van der Waals surface area contributed by atoms with E-state index in [2.05, 4.69) is 31.5 Å². The number of hydrogen-bond donors (Lipinski definition) is 1. The lowest BCUT2D eigenvalue weighted by molar-refractivity contribution is 0.607. The third kappa shape index (κ3) is 2.27. The van der Waals surface area contributed by atoms with Crippen LogP contribution in [0.25, 0.3) is 17.1 Å². The van der Waals surface area contributed by atoms with Crippen LogP contribution in [0.5, 0.6) is 0 Å². The highest BCUT2D eigenvalue weighted by Gasteiger charge is 2.14. The number of rotatable bonds is 2. The number of aromatic nitrogens is 4. The molecule has 3 rings (SSSR count). The zero-order chi connectivity index (χ0) is 14.1. The van der Waals surface area contributed by atoms with E-state index in [0.29, 0.717) is 11.5 Å². The maximum atomic E-state index is 13.9. The molecule has 0 bridgehead atoms. The number of nitrogens with zero attached hydrogens (tertiary/aromatic N) is 4. The second-order valence-electron chi connectivity index (χ2n) is 4.13. The van der Waals surface area contributed by atoms with Crippen LogP contribution in [0, 0.1) is 5.82 Å². The minimum Gasteiger partial charge on any atom is -0.399 e. The topological polar surface area (TPSA) is 69.6 Å². The smallest absolute Gasteiger partial charge is 0.187 e. The summed E-state index contributed by atoms with van der Waals surface area (Å²) in [5, 5.41) is 11.4. The summed E-state index contributed by atoms with van der Waals surface area (Å²) in [5.41, 5.74) is 7.32. The van der Waals surface area contributed by atoms with E-state index in [1.54, 1.807) is 36.4 Å². The Balaban J connectivity index is 2.15. The Bertz CT molecular complexity index is 754. The number of nitrogens with two attached hydrogens (primary N) is 1. The molecule has 0 unspecified atom stereocenters. The van der Waals surface area contributed by atoms with Crippen molar-refractivity contribution in [1.29, 1.82) is 0 Å². The van der Waals surface area contributed by atoms with Crippen LogP contribution in [-0.4, -0.2) is 20.2 Å². The number of tetrazole rings is 1. The molecule has 7 heteroatoms. The molecule has 0 saturated carbocycles. The number of anilines is 1. The van der Waals surface area contributed by atoms with Gasteiger partial charge in [-0.25, -0.2) is 4.39 Å². The average molecular weight is 334 g/mol. The molecule has 0 atom stereocenters. The van der Waals surface area contributed by atoms with E-state index in [1.807, 2.05) is 0 Å². The summed E-state index contributed by atoms with van der Waals surface area (Å²) in [5.74, 6) is 0.0409. The highest BCUT2D eigenvalue weighted by atomic mass is 79.9. The van der Waals surface area contributed by atoms with Crippen LogP contribution < -0.4 is 5.73 Å². The van der Waals surface area contributed by atoms with Crippen LogP contribution >= 0.6 is 15.9 Å². The van der Waals surface area contributed by atoms with E-state index < -0.39 is 5.82 Å². The second-order valence-corrected chi connectivity index (χ2v) is 5.05. The van der Waals surface area contributed by atoms with Crippen molar-refractivity contribution in [2.24, 2.45) is 0 Å². The summed E-state index contributed by atoms with van der Waals surface area (Å²) in [6.45, 7) is 0. The molecule has 3 aromatic rings. The Morgan fingerprint density at radius 2 is 1.85 bits per heavy atom. The van der Waals surface area contributed by atoms with Crippen molar-refractivity contribution in [3.63, 3.8) is 0 Å². The fourth-order valence-corrected chi connectivity index (χ4v) is 2.16. The molecule has 0 saturated heterocycles. The lowest BCUT2D eigenvalue weighted by Gasteiger charge is -2.06. The van der Waals surface area contributed by atoms with Gasteiger partial charge in [0.2, 0.25) is 0 Å². The molecule has 0 aliphatic carbocycles. The van der Waals surface area contributed by atoms with Gasteiger partial charge in [0.25, 0.3) is 0 Å². The third-order valence-electron chi connectivity index (χ3n) is 2.77. The molecule has 1 heterocycles. The maximum absolute atomic E-state index is 13.9. The normalized spacial score (nSPS) is 10.7. The molecule has 5 nitrogen and oxygen atoms in total. The van der Waals surface area contributed by atoms with Crippen molar-refractivity contribution >= 4 is 21.6 Å². The first kappa shape index (κ1) is 12.7. The Morgan fingerprint density at radius 3 is 2.60 bits per heavy atom. The van der Waals surface area contributed by atoms with E-state index in [1.165, 1.54) is 10.7 Å². The van der Waals surface area contributed by atoms with Crippen LogP contribution in [0.2, 0.25) is 0 Å². The van der Waals surface area contributed by atoms with Gasteiger partial charge < -0.3 is 5.73 Å². The van der Waals surface area contributed by atoms with Gasteiger partial charge >= 0.3 is 0 Å². The van der Waals surface area contributed by atoms with Gasteiger partial charge in [-0.15, -0.1) is 5.10 Å². The fourth-order valence-electron chi connectivity index (χ4n) is 1.81. The van der Waals surface area contributed by atoms with Crippen molar-refractivity contribution in [3.05, 3.63) is 52.8 Å². The average Bonchev–Trinajstić information content (AvgIpc) is 2.91. The quantitative estimate of drug-likeness (QED) is 0.732. The lowest BCUT2D eigenvalue weighted by atomic mass is 10.2. The van der Waals surface area contributed by atoms with Crippen molar-refractivity contribution in [2.45, 2.75) is 0 Å². The molecule has 0 radical (unpaired) electrons. The molecular formula is C13H9BrFN5. The molecule has 0 amide bonds. The SMILES string of the molecule is Nc1ccc(-c2nnnn2-c2cc(Br)ccc2F)cc1.